The van der Waals surface area contributed by atoms with Gasteiger partial charge in [-0.25, -0.2) is 4.98 Å². The number of rotatable bonds is 10. The largest absolute Gasteiger partial charge is 0.492 e. The van der Waals surface area contributed by atoms with E-state index in [-0.39, 0.29) is 11.8 Å². The molecule has 1 atom stereocenters. The van der Waals surface area contributed by atoms with Crippen molar-refractivity contribution in [1.82, 2.24) is 20.2 Å². The molecule has 1 N–H and O–H groups in total. The first-order valence-electron chi connectivity index (χ1n) is 10.9. The zero-order valence-electron chi connectivity index (χ0n) is 18.1. The summed E-state index contributed by atoms with van der Waals surface area (Å²) in [5, 5.41) is 3.11. The topological polar surface area (TPSA) is 70.6 Å². The summed E-state index contributed by atoms with van der Waals surface area (Å²) in [5.41, 5.74) is 1.01. The highest BCUT2D eigenvalue weighted by molar-refractivity contribution is 5.79. The average molecular weight is 412 g/mol. The third-order valence-electron chi connectivity index (χ3n) is 5.65. The van der Waals surface area contributed by atoms with Gasteiger partial charge in [-0.05, 0) is 32.0 Å². The lowest BCUT2D eigenvalue weighted by Gasteiger charge is -2.32. The number of hydrogen-bond acceptors (Lipinski definition) is 6. The molecule has 1 saturated heterocycles. The zero-order chi connectivity index (χ0) is 21.2. The van der Waals surface area contributed by atoms with Crippen molar-refractivity contribution in [2.75, 3.05) is 44.2 Å². The first-order valence-corrected chi connectivity index (χ1v) is 10.9. The second-order valence-electron chi connectivity index (χ2n) is 7.55. The number of aromatic nitrogens is 2. The second kappa shape index (κ2) is 11.5. The van der Waals surface area contributed by atoms with E-state index in [2.05, 4.69) is 38.9 Å². The van der Waals surface area contributed by atoms with Gasteiger partial charge in [0.25, 0.3) is 0 Å². The number of para-hydroxylation sites is 1. The molecule has 0 spiro atoms. The predicted octanol–water partition coefficient (Wildman–Crippen LogP) is 2.73. The third-order valence-corrected chi connectivity index (χ3v) is 5.65. The Hall–Kier alpha value is -2.67. The quantitative estimate of drug-likeness (QED) is 0.648. The Labute approximate surface area is 179 Å². The van der Waals surface area contributed by atoms with Gasteiger partial charge in [-0.2, -0.15) is 0 Å². The van der Waals surface area contributed by atoms with Gasteiger partial charge in [0.1, 0.15) is 18.2 Å². The minimum Gasteiger partial charge on any atom is -0.492 e. The number of carbonyl (C=O) groups excluding carboxylic acids is 1. The molecule has 0 aliphatic carbocycles. The highest BCUT2D eigenvalue weighted by Gasteiger charge is 2.26. The predicted molar refractivity (Wildman–Crippen MR) is 119 cm³/mol. The standard InChI is InChI=1S/C23H33N5O2/c1-3-27(4-2)14-15-30-21-10-6-5-8-19(21)16-26-23(29)20-9-7-13-28(18-20)22-17-24-11-12-25-22/h5-6,8,10-12,17,20H,3-4,7,9,13-16,18H2,1-2H3,(H,26,29). The van der Waals surface area contributed by atoms with Gasteiger partial charge in [0.05, 0.1) is 12.1 Å². The molecular weight excluding hydrogens is 378 g/mol. The highest BCUT2D eigenvalue weighted by atomic mass is 16.5. The van der Waals surface area contributed by atoms with Crippen molar-refractivity contribution in [2.24, 2.45) is 5.92 Å². The van der Waals surface area contributed by atoms with Crippen LogP contribution in [0.2, 0.25) is 0 Å². The molecular formula is C23H33N5O2. The van der Waals surface area contributed by atoms with Gasteiger partial charge in [-0.15, -0.1) is 0 Å². The molecule has 1 aliphatic rings. The number of nitrogens with one attached hydrogen (secondary N) is 1. The van der Waals surface area contributed by atoms with Crippen LogP contribution in [0.4, 0.5) is 5.82 Å². The Kier molecular flexibility index (Phi) is 8.44. The summed E-state index contributed by atoms with van der Waals surface area (Å²) in [4.78, 5) is 25.8. The Bertz CT molecular complexity index is 782. The number of benzene rings is 1. The number of carbonyl (C=O) groups is 1. The van der Waals surface area contributed by atoms with Crippen LogP contribution in [0.5, 0.6) is 5.75 Å². The summed E-state index contributed by atoms with van der Waals surface area (Å²) >= 11 is 0. The summed E-state index contributed by atoms with van der Waals surface area (Å²) in [6, 6.07) is 7.94. The van der Waals surface area contributed by atoms with Crippen molar-refractivity contribution in [3.8, 4) is 5.75 Å². The number of piperidine rings is 1. The molecule has 1 aromatic heterocycles. The van der Waals surface area contributed by atoms with E-state index in [1.807, 2.05) is 24.3 Å². The number of amides is 1. The first kappa shape index (κ1) is 22.0. The summed E-state index contributed by atoms with van der Waals surface area (Å²) in [6.07, 6.45) is 6.98. The van der Waals surface area contributed by atoms with Crippen LogP contribution in [-0.2, 0) is 11.3 Å². The van der Waals surface area contributed by atoms with Crippen molar-refractivity contribution in [3.63, 3.8) is 0 Å². The third kappa shape index (κ3) is 6.16. The van der Waals surface area contributed by atoms with Crippen LogP contribution < -0.4 is 15.0 Å². The minimum atomic E-state index is -0.0449. The molecule has 1 unspecified atom stereocenters. The fourth-order valence-corrected chi connectivity index (χ4v) is 3.80. The Morgan fingerprint density at radius 2 is 2.10 bits per heavy atom. The number of likely N-dealkylation sites (N-methyl/N-ethyl adjacent to an activating group) is 1. The van der Waals surface area contributed by atoms with Crippen molar-refractivity contribution >= 4 is 11.7 Å². The molecule has 1 amide bonds. The maximum absolute atomic E-state index is 12.8. The lowest BCUT2D eigenvalue weighted by Crippen LogP contribution is -2.43. The fraction of sp³-hybridized carbons (Fsp3) is 0.522. The molecule has 1 aliphatic heterocycles. The van der Waals surface area contributed by atoms with E-state index in [1.165, 1.54) is 0 Å². The number of anilines is 1. The van der Waals surface area contributed by atoms with Crippen LogP contribution in [-0.4, -0.2) is 60.1 Å². The Balaban J connectivity index is 1.52. The van der Waals surface area contributed by atoms with E-state index >= 15 is 0 Å². The van der Waals surface area contributed by atoms with Crippen LogP contribution in [0, 0.1) is 5.92 Å². The molecule has 30 heavy (non-hydrogen) atoms. The minimum absolute atomic E-state index is 0.0449. The lowest BCUT2D eigenvalue weighted by atomic mass is 9.97. The van der Waals surface area contributed by atoms with E-state index in [0.29, 0.717) is 19.7 Å². The lowest BCUT2D eigenvalue weighted by molar-refractivity contribution is -0.125. The molecule has 0 saturated carbocycles. The van der Waals surface area contributed by atoms with Gasteiger partial charge in [-0.1, -0.05) is 32.0 Å². The Morgan fingerprint density at radius 3 is 2.87 bits per heavy atom. The van der Waals surface area contributed by atoms with Crippen LogP contribution in [0.3, 0.4) is 0 Å². The molecule has 3 rings (SSSR count). The van der Waals surface area contributed by atoms with Crippen LogP contribution in [0.15, 0.2) is 42.9 Å². The van der Waals surface area contributed by atoms with E-state index < -0.39 is 0 Å². The van der Waals surface area contributed by atoms with E-state index in [1.54, 1.807) is 18.6 Å². The number of ether oxygens (including phenoxy) is 1. The molecule has 2 heterocycles. The normalized spacial score (nSPS) is 16.5. The zero-order valence-corrected chi connectivity index (χ0v) is 18.1. The summed E-state index contributed by atoms with van der Waals surface area (Å²) in [5.74, 6) is 1.72. The molecule has 1 fully saturated rings. The molecule has 0 bridgehead atoms. The van der Waals surface area contributed by atoms with Crippen molar-refractivity contribution in [2.45, 2.75) is 33.2 Å². The molecule has 162 valence electrons. The maximum Gasteiger partial charge on any atom is 0.225 e. The highest BCUT2D eigenvalue weighted by Crippen LogP contribution is 2.22. The summed E-state index contributed by atoms with van der Waals surface area (Å²) < 4.78 is 6.01. The van der Waals surface area contributed by atoms with E-state index in [9.17, 15) is 4.79 Å². The number of hydrogen-bond donors (Lipinski definition) is 1. The SMILES string of the molecule is CCN(CC)CCOc1ccccc1CNC(=O)C1CCCN(c2cnccn2)C1. The molecule has 2 aromatic rings. The van der Waals surface area contributed by atoms with Gasteiger partial charge in [0, 0.05) is 44.1 Å². The maximum atomic E-state index is 12.8. The van der Waals surface area contributed by atoms with Crippen LogP contribution in [0.25, 0.3) is 0 Å². The average Bonchev–Trinajstić information content (AvgIpc) is 2.81. The molecule has 0 radical (unpaired) electrons. The van der Waals surface area contributed by atoms with Gasteiger partial charge in [0.2, 0.25) is 5.91 Å². The molecule has 7 nitrogen and oxygen atoms in total. The van der Waals surface area contributed by atoms with Gasteiger partial charge in [-0.3, -0.25) is 9.78 Å². The van der Waals surface area contributed by atoms with E-state index in [0.717, 1.165) is 56.2 Å². The van der Waals surface area contributed by atoms with Gasteiger partial charge >= 0.3 is 0 Å². The Morgan fingerprint density at radius 1 is 1.27 bits per heavy atom. The van der Waals surface area contributed by atoms with Crippen molar-refractivity contribution in [3.05, 3.63) is 48.4 Å². The number of nitrogens with zero attached hydrogens (tertiary/aromatic N) is 4. The van der Waals surface area contributed by atoms with Crippen molar-refractivity contribution in [1.29, 1.82) is 0 Å². The van der Waals surface area contributed by atoms with Crippen LogP contribution >= 0.6 is 0 Å². The summed E-state index contributed by atoms with van der Waals surface area (Å²) in [6.45, 7) is 9.94. The monoisotopic (exact) mass is 411 g/mol. The van der Waals surface area contributed by atoms with Crippen LogP contribution in [0.1, 0.15) is 32.3 Å². The smallest absolute Gasteiger partial charge is 0.225 e. The van der Waals surface area contributed by atoms with Gasteiger partial charge < -0.3 is 19.9 Å². The second-order valence-corrected chi connectivity index (χ2v) is 7.55. The summed E-state index contributed by atoms with van der Waals surface area (Å²) in [7, 11) is 0. The first-order chi connectivity index (χ1) is 14.7. The van der Waals surface area contributed by atoms with Gasteiger partial charge in [0.15, 0.2) is 0 Å². The molecule has 7 heteroatoms. The fourth-order valence-electron chi connectivity index (χ4n) is 3.80. The van der Waals surface area contributed by atoms with E-state index in [4.69, 9.17) is 4.74 Å². The molecule has 1 aromatic carbocycles. The van der Waals surface area contributed by atoms with Crippen molar-refractivity contribution < 1.29 is 9.53 Å².